The Labute approximate surface area is 128 Å². The number of rotatable bonds is 4. The highest BCUT2D eigenvalue weighted by Crippen LogP contribution is 2.18. The van der Waals surface area contributed by atoms with Gasteiger partial charge in [-0.25, -0.2) is 4.79 Å². The minimum atomic E-state index is -0.586. The summed E-state index contributed by atoms with van der Waals surface area (Å²) in [6.45, 7) is 1.91. The number of ether oxygens (including phenoxy) is 1. The molecule has 0 atom stereocenters. The van der Waals surface area contributed by atoms with Crippen LogP contribution in [0.1, 0.15) is 27.6 Å². The van der Waals surface area contributed by atoms with Crippen molar-refractivity contribution in [3.63, 3.8) is 0 Å². The van der Waals surface area contributed by atoms with Crippen molar-refractivity contribution in [2.24, 2.45) is 0 Å². The van der Waals surface area contributed by atoms with Crippen molar-refractivity contribution in [1.82, 2.24) is 0 Å². The summed E-state index contributed by atoms with van der Waals surface area (Å²) in [5, 5.41) is 2.70. The summed E-state index contributed by atoms with van der Waals surface area (Å²) in [6, 6.07) is 11.2. The zero-order valence-electron chi connectivity index (χ0n) is 12.1. The quantitative estimate of drug-likeness (QED) is 0.593. The highest BCUT2D eigenvalue weighted by atomic mass is 16.5. The zero-order valence-corrected chi connectivity index (χ0v) is 12.1. The smallest absolute Gasteiger partial charge is 0.339 e. The highest BCUT2D eigenvalue weighted by molar-refractivity contribution is 6.11. The fourth-order valence-electron chi connectivity index (χ4n) is 1.90. The van der Waals surface area contributed by atoms with E-state index < -0.39 is 11.9 Å². The summed E-state index contributed by atoms with van der Waals surface area (Å²) in [7, 11) is 0. The summed E-state index contributed by atoms with van der Waals surface area (Å²) >= 11 is 0. The summed E-state index contributed by atoms with van der Waals surface area (Å²) in [5.41, 5.74) is 13.2. The molecular formula is C16H17N3O3. The lowest BCUT2D eigenvalue weighted by Crippen LogP contribution is -2.18. The van der Waals surface area contributed by atoms with Crippen molar-refractivity contribution in [2.45, 2.75) is 6.92 Å². The van der Waals surface area contributed by atoms with Crippen molar-refractivity contribution in [2.75, 3.05) is 23.4 Å². The van der Waals surface area contributed by atoms with Gasteiger partial charge in [-0.15, -0.1) is 0 Å². The number of nitrogens with two attached hydrogens (primary N) is 2. The molecule has 114 valence electrons. The Morgan fingerprint density at radius 3 is 2.27 bits per heavy atom. The molecular weight excluding hydrogens is 282 g/mol. The van der Waals surface area contributed by atoms with E-state index in [4.69, 9.17) is 16.2 Å². The third-order valence-corrected chi connectivity index (χ3v) is 2.95. The maximum Gasteiger partial charge on any atom is 0.339 e. The molecule has 0 aliphatic carbocycles. The van der Waals surface area contributed by atoms with E-state index >= 15 is 0 Å². The van der Waals surface area contributed by atoms with E-state index in [1.165, 1.54) is 12.1 Å². The molecule has 0 radical (unpaired) electrons. The van der Waals surface area contributed by atoms with Gasteiger partial charge in [-0.3, -0.25) is 4.79 Å². The fraction of sp³-hybridized carbons (Fsp3) is 0.125. The molecule has 0 aliphatic rings. The third kappa shape index (κ3) is 3.54. The lowest BCUT2D eigenvalue weighted by molar-refractivity contribution is 0.0523. The fourth-order valence-corrected chi connectivity index (χ4v) is 1.90. The molecule has 0 unspecified atom stereocenters. The van der Waals surface area contributed by atoms with Crippen molar-refractivity contribution in [3.05, 3.63) is 53.6 Å². The van der Waals surface area contributed by atoms with Crippen LogP contribution in [-0.4, -0.2) is 18.5 Å². The van der Waals surface area contributed by atoms with Crippen molar-refractivity contribution < 1.29 is 14.3 Å². The Kier molecular flexibility index (Phi) is 4.63. The van der Waals surface area contributed by atoms with Gasteiger partial charge in [0.25, 0.3) is 5.91 Å². The number of hydrogen-bond donors (Lipinski definition) is 3. The van der Waals surface area contributed by atoms with Crippen molar-refractivity contribution in [3.8, 4) is 0 Å². The lowest BCUT2D eigenvalue weighted by atomic mass is 10.1. The van der Waals surface area contributed by atoms with Gasteiger partial charge in [0.05, 0.1) is 17.7 Å². The Morgan fingerprint density at radius 1 is 1.00 bits per heavy atom. The first kappa shape index (κ1) is 15.4. The summed E-state index contributed by atoms with van der Waals surface area (Å²) in [4.78, 5) is 24.3. The van der Waals surface area contributed by atoms with Crippen LogP contribution in [0.4, 0.5) is 17.1 Å². The van der Waals surface area contributed by atoms with Gasteiger partial charge in [0, 0.05) is 17.1 Å². The van der Waals surface area contributed by atoms with Crippen LogP contribution in [0.3, 0.4) is 0 Å². The predicted molar refractivity (Wildman–Crippen MR) is 85.6 cm³/mol. The highest BCUT2D eigenvalue weighted by Gasteiger charge is 2.18. The topological polar surface area (TPSA) is 107 Å². The normalized spacial score (nSPS) is 10.0. The number of nitrogen functional groups attached to an aromatic ring is 2. The molecule has 6 heteroatoms. The maximum atomic E-state index is 12.3. The SMILES string of the molecule is CCOC(=O)c1cc(N)ccc1C(=O)Nc1ccc(N)cc1. The van der Waals surface area contributed by atoms with Gasteiger partial charge in [0.1, 0.15) is 0 Å². The standard InChI is InChI=1S/C16H17N3O3/c1-2-22-16(21)14-9-11(18)5-8-13(14)15(20)19-12-6-3-10(17)4-7-12/h3-9H,2,17-18H2,1H3,(H,19,20). The van der Waals surface area contributed by atoms with E-state index in [1.54, 1.807) is 37.3 Å². The molecule has 0 heterocycles. The largest absolute Gasteiger partial charge is 0.462 e. The minimum Gasteiger partial charge on any atom is -0.462 e. The van der Waals surface area contributed by atoms with Crippen LogP contribution >= 0.6 is 0 Å². The maximum absolute atomic E-state index is 12.3. The van der Waals surface area contributed by atoms with Gasteiger partial charge < -0.3 is 21.5 Å². The minimum absolute atomic E-state index is 0.134. The average Bonchev–Trinajstić information content (AvgIpc) is 2.49. The molecule has 1 amide bonds. The molecule has 0 saturated carbocycles. The van der Waals surface area contributed by atoms with Gasteiger partial charge in [0.2, 0.25) is 0 Å². The molecule has 0 bridgehead atoms. The van der Waals surface area contributed by atoms with Gasteiger partial charge in [-0.05, 0) is 49.4 Å². The van der Waals surface area contributed by atoms with Crippen LogP contribution in [0.25, 0.3) is 0 Å². The van der Waals surface area contributed by atoms with Crippen LogP contribution in [0, 0.1) is 0 Å². The van der Waals surface area contributed by atoms with Gasteiger partial charge >= 0.3 is 5.97 Å². The van der Waals surface area contributed by atoms with E-state index in [-0.39, 0.29) is 17.7 Å². The zero-order chi connectivity index (χ0) is 16.1. The molecule has 0 saturated heterocycles. The van der Waals surface area contributed by atoms with E-state index in [0.29, 0.717) is 17.1 Å². The molecule has 0 spiro atoms. The molecule has 2 rings (SSSR count). The number of carbonyl (C=O) groups is 2. The summed E-state index contributed by atoms with van der Waals surface area (Å²) in [6.07, 6.45) is 0. The van der Waals surface area contributed by atoms with Crippen LogP contribution in [0.2, 0.25) is 0 Å². The summed E-state index contributed by atoms with van der Waals surface area (Å²) in [5.74, 6) is -1.01. The van der Waals surface area contributed by atoms with E-state index in [1.807, 2.05) is 0 Å². The van der Waals surface area contributed by atoms with Gasteiger partial charge in [0.15, 0.2) is 0 Å². The molecule has 0 aromatic heterocycles. The molecule has 2 aromatic carbocycles. The average molecular weight is 299 g/mol. The van der Waals surface area contributed by atoms with E-state index in [0.717, 1.165) is 0 Å². The number of anilines is 3. The number of amides is 1. The molecule has 2 aromatic rings. The van der Waals surface area contributed by atoms with E-state index in [9.17, 15) is 9.59 Å². The van der Waals surface area contributed by atoms with Crippen molar-refractivity contribution in [1.29, 1.82) is 0 Å². The molecule has 22 heavy (non-hydrogen) atoms. The second-order valence-corrected chi connectivity index (χ2v) is 4.60. The lowest BCUT2D eigenvalue weighted by Gasteiger charge is -2.10. The number of benzene rings is 2. The van der Waals surface area contributed by atoms with Crippen molar-refractivity contribution >= 4 is 28.9 Å². The molecule has 5 N–H and O–H groups in total. The molecule has 0 aliphatic heterocycles. The Morgan fingerprint density at radius 2 is 1.64 bits per heavy atom. The first-order valence-electron chi connectivity index (χ1n) is 6.74. The first-order valence-corrected chi connectivity index (χ1v) is 6.74. The molecule has 6 nitrogen and oxygen atoms in total. The second kappa shape index (κ2) is 6.62. The van der Waals surface area contributed by atoms with Gasteiger partial charge in [-0.1, -0.05) is 0 Å². The van der Waals surface area contributed by atoms with E-state index in [2.05, 4.69) is 5.32 Å². The Bertz CT molecular complexity index is 696. The number of hydrogen-bond acceptors (Lipinski definition) is 5. The van der Waals surface area contributed by atoms with Crippen LogP contribution in [0.15, 0.2) is 42.5 Å². The van der Waals surface area contributed by atoms with Crippen LogP contribution < -0.4 is 16.8 Å². The number of nitrogens with one attached hydrogen (secondary N) is 1. The predicted octanol–water partition coefficient (Wildman–Crippen LogP) is 2.28. The number of carbonyl (C=O) groups excluding carboxylic acids is 2. The molecule has 0 fully saturated rings. The van der Waals surface area contributed by atoms with Gasteiger partial charge in [-0.2, -0.15) is 0 Å². The van der Waals surface area contributed by atoms with Crippen LogP contribution in [-0.2, 0) is 4.74 Å². The first-order chi connectivity index (χ1) is 10.5. The Balaban J connectivity index is 2.28. The summed E-state index contributed by atoms with van der Waals surface area (Å²) < 4.78 is 4.95. The number of esters is 1. The Hall–Kier alpha value is -3.02. The third-order valence-electron chi connectivity index (χ3n) is 2.95. The second-order valence-electron chi connectivity index (χ2n) is 4.60. The van der Waals surface area contributed by atoms with Crippen LogP contribution in [0.5, 0.6) is 0 Å². The monoisotopic (exact) mass is 299 g/mol.